The zero-order valence-corrected chi connectivity index (χ0v) is 10.5. The molecule has 0 aliphatic heterocycles. The van der Waals surface area contributed by atoms with Crippen LogP contribution in [0.25, 0.3) is 0 Å². The highest BCUT2D eigenvalue weighted by molar-refractivity contribution is 5.25. The number of phenols is 1. The first kappa shape index (κ1) is 13.0. The van der Waals surface area contributed by atoms with Gasteiger partial charge in [-0.05, 0) is 43.0 Å². The van der Waals surface area contributed by atoms with Gasteiger partial charge in [0.2, 0.25) is 0 Å². The Morgan fingerprint density at radius 1 is 1.12 bits per heavy atom. The molecule has 0 aliphatic carbocycles. The summed E-state index contributed by atoms with van der Waals surface area (Å²) in [4.78, 5) is 0. The van der Waals surface area contributed by atoms with Crippen molar-refractivity contribution in [3.05, 3.63) is 29.8 Å². The van der Waals surface area contributed by atoms with Gasteiger partial charge in [-0.25, -0.2) is 0 Å². The Labute approximate surface area is 98.7 Å². The molecule has 0 fully saturated rings. The third-order valence-electron chi connectivity index (χ3n) is 2.74. The average molecular weight is 221 g/mol. The fourth-order valence-corrected chi connectivity index (χ4v) is 1.61. The van der Waals surface area contributed by atoms with Crippen molar-refractivity contribution in [2.24, 2.45) is 5.92 Å². The van der Waals surface area contributed by atoms with Crippen LogP contribution in [0.2, 0.25) is 0 Å². The zero-order chi connectivity index (χ0) is 12.0. The molecule has 1 rings (SSSR count). The lowest BCUT2D eigenvalue weighted by Gasteiger charge is -2.14. The highest BCUT2D eigenvalue weighted by Crippen LogP contribution is 2.13. The molecule has 16 heavy (non-hydrogen) atoms. The molecule has 0 heterocycles. The lowest BCUT2D eigenvalue weighted by molar-refractivity contribution is 0.453. The van der Waals surface area contributed by atoms with Crippen LogP contribution in [0.5, 0.6) is 5.75 Å². The van der Waals surface area contributed by atoms with Gasteiger partial charge in [-0.15, -0.1) is 0 Å². The van der Waals surface area contributed by atoms with Crippen LogP contribution in [-0.4, -0.2) is 17.7 Å². The molecule has 1 aromatic rings. The van der Waals surface area contributed by atoms with Gasteiger partial charge in [0.25, 0.3) is 0 Å². The average Bonchev–Trinajstić information content (AvgIpc) is 2.25. The molecule has 0 amide bonds. The first-order valence-corrected chi connectivity index (χ1v) is 6.09. The molecule has 0 saturated carbocycles. The molecule has 2 N–H and O–H groups in total. The fourth-order valence-electron chi connectivity index (χ4n) is 1.61. The largest absolute Gasteiger partial charge is 0.508 e. The van der Waals surface area contributed by atoms with Gasteiger partial charge in [0.1, 0.15) is 5.75 Å². The van der Waals surface area contributed by atoms with Crippen molar-refractivity contribution in [2.75, 3.05) is 6.54 Å². The Balaban J connectivity index is 2.26. The summed E-state index contributed by atoms with van der Waals surface area (Å²) in [6.45, 7) is 7.70. The van der Waals surface area contributed by atoms with Gasteiger partial charge >= 0.3 is 0 Å². The smallest absolute Gasteiger partial charge is 0.115 e. The first-order valence-electron chi connectivity index (χ1n) is 6.09. The molecule has 1 atom stereocenters. The number of aromatic hydroxyl groups is 1. The number of hydrogen-bond donors (Lipinski definition) is 2. The van der Waals surface area contributed by atoms with Gasteiger partial charge in [0, 0.05) is 6.04 Å². The number of benzene rings is 1. The van der Waals surface area contributed by atoms with E-state index in [2.05, 4.69) is 26.1 Å². The van der Waals surface area contributed by atoms with Crippen LogP contribution in [0.3, 0.4) is 0 Å². The van der Waals surface area contributed by atoms with E-state index in [4.69, 9.17) is 5.11 Å². The van der Waals surface area contributed by atoms with Crippen LogP contribution in [0.1, 0.15) is 32.8 Å². The van der Waals surface area contributed by atoms with E-state index in [0.29, 0.717) is 17.7 Å². The van der Waals surface area contributed by atoms with Gasteiger partial charge in [0.15, 0.2) is 0 Å². The third kappa shape index (κ3) is 5.17. The summed E-state index contributed by atoms with van der Waals surface area (Å²) < 4.78 is 0. The Bertz CT molecular complexity index is 292. The Morgan fingerprint density at radius 2 is 1.75 bits per heavy atom. The molecule has 0 bridgehead atoms. The van der Waals surface area contributed by atoms with E-state index in [0.717, 1.165) is 13.0 Å². The summed E-state index contributed by atoms with van der Waals surface area (Å²) in [5, 5.41) is 12.6. The second-order valence-electron chi connectivity index (χ2n) is 4.87. The maximum Gasteiger partial charge on any atom is 0.115 e. The van der Waals surface area contributed by atoms with Crippen LogP contribution in [0.15, 0.2) is 24.3 Å². The van der Waals surface area contributed by atoms with Crippen LogP contribution >= 0.6 is 0 Å². The summed E-state index contributed by atoms with van der Waals surface area (Å²) >= 11 is 0. The van der Waals surface area contributed by atoms with Crippen molar-refractivity contribution in [2.45, 2.75) is 39.7 Å². The summed E-state index contributed by atoms with van der Waals surface area (Å²) in [5.41, 5.74) is 1.30. The second-order valence-corrected chi connectivity index (χ2v) is 4.87. The second kappa shape index (κ2) is 6.54. The van der Waals surface area contributed by atoms with Crippen LogP contribution in [-0.2, 0) is 6.42 Å². The van der Waals surface area contributed by atoms with Crippen molar-refractivity contribution < 1.29 is 5.11 Å². The van der Waals surface area contributed by atoms with Gasteiger partial charge in [0.05, 0.1) is 0 Å². The molecule has 0 saturated heterocycles. The maximum absolute atomic E-state index is 9.17. The summed E-state index contributed by atoms with van der Waals surface area (Å²) in [6, 6.07) is 8.07. The number of aryl methyl sites for hydroxylation is 1. The molecule has 2 nitrogen and oxygen atoms in total. The highest BCUT2D eigenvalue weighted by Gasteiger charge is 2.03. The molecule has 0 aliphatic rings. The van der Waals surface area contributed by atoms with Gasteiger partial charge in [-0.1, -0.05) is 32.9 Å². The van der Waals surface area contributed by atoms with Crippen molar-refractivity contribution in [1.29, 1.82) is 0 Å². The molecule has 1 aromatic carbocycles. The highest BCUT2D eigenvalue weighted by atomic mass is 16.3. The van der Waals surface area contributed by atoms with E-state index >= 15 is 0 Å². The van der Waals surface area contributed by atoms with Crippen molar-refractivity contribution in [3.8, 4) is 5.75 Å². The molecule has 2 heteroatoms. The quantitative estimate of drug-likeness (QED) is 0.774. The van der Waals surface area contributed by atoms with Crippen LogP contribution in [0.4, 0.5) is 0 Å². The Morgan fingerprint density at radius 3 is 2.31 bits per heavy atom. The van der Waals surface area contributed by atoms with E-state index in [1.807, 2.05) is 12.1 Å². The molecule has 1 unspecified atom stereocenters. The lowest BCUT2D eigenvalue weighted by atomic mass is 10.0. The van der Waals surface area contributed by atoms with Crippen molar-refractivity contribution in [3.63, 3.8) is 0 Å². The summed E-state index contributed by atoms with van der Waals surface area (Å²) in [5.74, 6) is 1.04. The van der Waals surface area contributed by atoms with E-state index < -0.39 is 0 Å². The first-order chi connectivity index (χ1) is 7.58. The predicted octanol–water partition coefficient (Wildman–Crippen LogP) is 2.96. The molecular weight excluding hydrogens is 198 g/mol. The molecule has 0 spiro atoms. The van der Waals surface area contributed by atoms with E-state index in [-0.39, 0.29) is 0 Å². The maximum atomic E-state index is 9.17. The Hall–Kier alpha value is -1.02. The number of hydrogen-bond acceptors (Lipinski definition) is 2. The SMILES string of the molecule is CC(CCc1ccc(O)cc1)CNC(C)C. The van der Waals surface area contributed by atoms with Gasteiger partial charge in [-0.2, -0.15) is 0 Å². The predicted molar refractivity (Wildman–Crippen MR) is 68.7 cm³/mol. The molecule has 0 aromatic heterocycles. The van der Waals surface area contributed by atoms with Crippen molar-refractivity contribution in [1.82, 2.24) is 5.32 Å². The minimum Gasteiger partial charge on any atom is -0.508 e. The van der Waals surface area contributed by atoms with Gasteiger partial charge < -0.3 is 10.4 Å². The topological polar surface area (TPSA) is 32.3 Å². The number of phenolic OH excluding ortho intramolecular Hbond substituents is 1. The molecule has 90 valence electrons. The lowest BCUT2D eigenvalue weighted by Crippen LogP contribution is -2.28. The van der Waals surface area contributed by atoms with E-state index in [1.165, 1.54) is 12.0 Å². The number of nitrogens with one attached hydrogen (secondary N) is 1. The standard InChI is InChI=1S/C14H23NO/c1-11(2)15-10-12(3)4-5-13-6-8-14(16)9-7-13/h6-9,11-12,15-16H,4-5,10H2,1-3H3. The minimum absolute atomic E-state index is 0.346. The minimum atomic E-state index is 0.346. The fraction of sp³-hybridized carbons (Fsp3) is 0.571. The van der Waals surface area contributed by atoms with Crippen molar-refractivity contribution >= 4 is 0 Å². The molecule has 0 radical (unpaired) electrons. The number of rotatable bonds is 6. The van der Waals surface area contributed by atoms with E-state index in [9.17, 15) is 0 Å². The Kier molecular flexibility index (Phi) is 5.33. The monoisotopic (exact) mass is 221 g/mol. The summed E-state index contributed by atoms with van der Waals surface area (Å²) in [7, 11) is 0. The zero-order valence-electron chi connectivity index (χ0n) is 10.5. The normalized spacial score (nSPS) is 13.0. The van der Waals surface area contributed by atoms with Crippen LogP contribution in [0, 0.1) is 5.92 Å². The van der Waals surface area contributed by atoms with Crippen LogP contribution < -0.4 is 5.32 Å². The van der Waals surface area contributed by atoms with E-state index in [1.54, 1.807) is 12.1 Å². The third-order valence-corrected chi connectivity index (χ3v) is 2.74. The summed E-state index contributed by atoms with van der Waals surface area (Å²) in [6.07, 6.45) is 2.27. The van der Waals surface area contributed by atoms with Gasteiger partial charge in [-0.3, -0.25) is 0 Å². The molecular formula is C14H23NO.